The van der Waals surface area contributed by atoms with Crippen LogP contribution in [0.15, 0.2) is 12.2 Å². The summed E-state index contributed by atoms with van der Waals surface area (Å²) >= 11 is 5.44. The molecule has 3 aliphatic rings. The monoisotopic (exact) mass is 250 g/mol. The van der Waals surface area contributed by atoms with Gasteiger partial charge in [0.15, 0.2) is 5.11 Å². The van der Waals surface area contributed by atoms with E-state index in [0.717, 1.165) is 16.9 Å². The molecule has 0 heterocycles. The molecule has 3 atom stereocenters. The summed E-state index contributed by atoms with van der Waals surface area (Å²) in [6.07, 6.45) is 14.0. The number of hydrogen-bond donors (Lipinski definition) is 2. The molecule has 0 aromatic carbocycles. The van der Waals surface area contributed by atoms with Crippen LogP contribution in [0.5, 0.6) is 0 Å². The lowest BCUT2D eigenvalue weighted by Gasteiger charge is -2.27. The Morgan fingerprint density at radius 1 is 1.00 bits per heavy atom. The van der Waals surface area contributed by atoms with Crippen molar-refractivity contribution in [2.24, 2.45) is 11.8 Å². The summed E-state index contributed by atoms with van der Waals surface area (Å²) in [7, 11) is 0. The van der Waals surface area contributed by atoms with Gasteiger partial charge >= 0.3 is 0 Å². The van der Waals surface area contributed by atoms with Crippen molar-refractivity contribution in [3.63, 3.8) is 0 Å². The minimum atomic E-state index is 0.591. The Balaban J connectivity index is 1.45. The van der Waals surface area contributed by atoms with E-state index in [1.54, 1.807) is 0 Å². The summed E-state index contributed by atoms with van der Waals surface area (Å²) in [6.45, 7) is 0. The van der Waals surface area contributed by atoms with Crippen LogP contribution in [0.2, 0.25) is 0 Å². The highest BCUT2D eigenvalue weighted by Crippen LogP contribution is 2.38. The summed E-state index contributed by atoms with van der Waals surface area (Å²) in [4.78, 5) is 0. The first kappa shape index (κ1) is 11.5. The van der Waals surface area contributed by atoms with Gasteiger partial charge < -0.3 is 10.6 Å². The van der Waals surface area contributed by atoms with Crippen molar-refractivity contribution in [3.8, 4) is 0 Å². The molecule has 2 N–H and O–H groups in total. The minimum absolute atomic E-state index is 0.591. The molecule has 3 heteroatoms. The summed E-state index contributed by atoms with van der Waals surface area (Å²) in [5, 5.41) is 7.92. The molecule has 2 fully saturated rings. The van der Waals surface area contributed by atoms with Crippen molar-refractivity contribution in [1.29, 1.82) is 0 Å². The maximum absolute atomic E-state index is 5.44. The van der Waals surface area contributed by atoms with E-state index < -0.39 is 0 Å². The van der Waals surface area contributed by atoms with Crippen LogP contribution in [0.25, 0.3) is 0 Å². The van der Waals surface area contributed by atoms with Gasteiger partial charge in [-0.3, -0.25) is 0 Å². The molecule has 3 aliphatic carbocycles. The van der Waals surface area contributed by atoms with E-state index in [1.165, 1.54) is 44.9 Å². The van der Waals surface area contributed by atoms with E-state index in [2.05, 4.69) is 22.8 Å². The topological polar surface area (TPSA) is 24.1 Å². The van der Waals surface area contributed by atoms with Crippen molar-refractivity contribution >= 4 is 17.3 Å². The van der Waals surface area contributed by atoms with Crippen molar-refractivity contribution in [2.75, 3.05) is 0 Å². The molecule has 3 rings (SSSR count). The molecular weight excluding hydrogens is 228 g/mol. The molecule has 0 saturated heterocycles. The first-order valence-corrected chi connectivity index (χ1v) is 7.47. The summed E-state index contributed by atoms with van der Waals surface area (Å²) in [5.74, 6) is 1.54. The van der Waals surface area contributed by atoms with Gasteiger partial charge in [-0.05, 0) is 49.7 Å². The number of allylic oxidation sites excluding steroid dienone is 1. The predicted molar refractivity (Wildman–Crippen MR) is 74.9 cm³/mol. The lowest BCUT2D eigenvalue weighted by atomic mass is 9.96. The average Bonchev–Trinajstić information content (AvgIpc) is 2.92. The van der Waals surface area contributed by atoms with E-state index in [4.69, 9.17) is 12.2 Å². The van der Waals surface area contributed by atoms with Gasteiger partial charge in [-0.15, -0.1) is 0 Å². The van der Waals surface area contributed by atoms with Crippen LogP contribution in [0.1, 0.15) is 44.9 Å². The van der Waals surface area contributed by atoms with Gasteiger partial charge in [-0.2, -0.15) is 0 Å². The van der Waals surface area contributed by atoms with Gasteiger partial charge in [0, 0.05) is 12.1 Å². The zero-order valence-corrected chi connectivity index (χ0v) is 11.1. The lowest BCUT2D eigenvalue weighted by Crippen LogP contribution is -2.47. The van der Waals surface area contributed by atoms with Gasteiger partial charge in [0.25, 0.3) is 0 Å². The molecular formula is C14H22N2S. The van der Waals surface area contributed by atoms with Gasteiger partial charge in [0.05, 0.1) is 0 Å². The minimum Gasteiger partial charge on any atom is -0.360 e. The molecule has 0 spiro atoms. The lowest BCUT2D eigenvalue weighted by molar-refractivity contribution is 0.408. The first-order chi connectivity index (χ1) is 8.31. The molecule has 0 amide bonds. The molecule has 0 aromatic rings. The van der Waals surface area contributed by atoms with Crippen molar-refractivity contribution in [1.82, 2.24) is 10.6 Å². The van der Waals surface area contributed by atoms with E-state index in [0.29, 0.717) is 12.1 Å². The Morgan fingerprint density at radius 3 is 2.47 bits per heavy atom. The number of nitrogens with one attached hydrogen (secondary N) is 2. The van der Waals surface area contributed by atoms with Crippen molar-refractivity contribution < 1.29 is 0 Å². The van der Waals surface area contributed by atoms with Gasteiger partial charge in [-0.1, -0.05) is 31.4 Å². The maximum Gasteiger partial charge on any atom is 0.166 e. The summed E-state index contributed by atoms with van der Waals surface area (Å²) < 4.78 is 0. The highest BCUT2D eigenvalue weighted by Gasteiger charge is 2.35. The Kier molecular flexibility index (Phi) is 3.37. The van der Waals surface area contributed by atoms with Crippen LogP contribution >= 0.6 is 12.2 Å². The molecule has 0 aliphatic heterocycles. The molecule has 2 saturated carbocycles. The molecule has 17 heavy (non-hydrogen) atoms. The zero-order valence-electron chi connectivity index (χ0n) is 10.3. The third kappa shape index (κ3) is 2.65. The fourth-order valence-corrected chi connectivity index (χ4v) is 3.91. The first-order valence-electron chi connectivity index (χ1n) is 7.06. The van der Waals surface area contributed by atoms with Crippen molar-refractivity contribution in [3.05, 3.63) is 12.2 Å². The number of fused-ring (bicyclic) bond motifs is 2. The number of hydrogen-bond acceptors (Lipinski definition) is 1. The van der Waals surface area contributed by atoms with Crippen LogP contribution in [0, 0.1) is 11.8 Å². The van der Waals surface area contributed by atoms with Crippen LogP contribution in [0.3, 0.4) is 0 Å². The second-order valence-electron chi connectivity index (χ2n) is 5.84. The highest BCUT2D eigenvalue weighted by atomic mass is 32.1. The van der Waals surface area contributed by atoms with Crippen LogP contribution in [-0.4, -0.2) is 17.2 Å². The van der Waals surface area contributed by atoms with Crippen LogP contribution in [-0.2, 0) is 0 Å². The summed E-state index contributed by atoms with van der Waals surface area (Å²) in [6, 6.07) is 1.21. The Hall–Kier alpha value is -0.570. The van der Waals surface area contributed by atoms with E-state index in [9.17, 15) is 0 Å². The Bertz CT molecular complexity index is 320. The quantitative estimate of drug-likeness (QED) is 0.582. The van der Waals surface area contributed by atoms with E-state index >= 15 is 0 Å². The van der Waals surface area contributed by atoms with Crippen LogP contribution in [0.4, 0.5) is 0 Å². The zero-order chi connectivity index (χ0) is 11.7. The Labute approximate surface area is 109 Å². The maximum atomic E-state index is 5.44. The van der Waals surface area contributed by atoms with Gasteiger partial charge in [-0.25, -0.2) is 0 Å². The van der Waals surface area contributed by atoms with Gasteiger partial charge in [0.2, 0.25) is 0 Å². The third-order valence-electron chi connectivity index (χ3n) is 4.54. The standard InChI is InChI=1S/C14H22N2S/c17-14(15-12-4-2-1-3-5-12)16-13-9-10-6-7-11(13)8-10/h6-7,10-13H,1-5,8-9H2,(H2,15,16,17)/t10-,11-,13+/m0/s1. The molecule has 2 nitrogen and oxygen atoms in total. The molecule has 0 aromatic heterocycles. The highest BCUT2D eigenvalue weighted by molar-refractivity contribution is 7.80. The normalized spacial score (nSPS) is 36.1. The molecule has 94 valence electrons. The third-order valence-corrected chi connectivity index (χ3v) is 4.77. The predicted octanol–water partition coefficient (Wildman–Crippen LogP) is 2.75. The Morgan fingerprint density at radius 2 is 1.82 bits per heavy atom. The summed E-state index contributed by atoms with van der Waals surface area (Å²) in [5.41, 5.74) is 0. The largest absolute Gasteiger partial charge is 0.360 e. The average molecular weight is 250 g/mol. The molecule has 2 bridgehead atoms. The van der Waals surface area contributed by atoms with E-state index in [-0.39, 0.29) is 0 Å². The fraction of sp³-hybridized carbons (Fsp3) is 0.786. The number of rotatable bonds is 2. The molecule has 0 unspecified atom stereocenters. The SMILES string of the molecule is S=C(NC1CCCCC1)N[C@@H]1C[C@H]2C=C[C@H]1C2. The fourth-order valence-electron chi connectivity index (χ4n) is 3.59. The second-order valence-corrected chi connectivity index (χ2v) is 6.25. The van der Waals surface area contributed by atoms with Crippen molar-refractivity contribution in [2.45, 2.75) is 57.0 Å². The van der Waals surface area contributed by atoms with Crippen LogP contribution < -0.4 is 10.6 Å². The smallest absolute Gasteiger partial charge is 0.166 e. The second kappa shape index (κ2) is 4.97. The number of thiocarbonyl (C=S) groups is 1. The van der Waals surface area contributed by atoms with Gasteiger partial charge in [0.1, 0.15) is 0 Å². The van der Waals surface area contributed by atoms with E-state index in [1.807, 2.05) is 0 Å². The molecule has 0 radical (unpaired) electrons.